The highest BCUT2D eigenvalue weighted by atomic mass is 35.5. The number of aromatic nitrogens is 1. The van der Waals surface area contributed by atoms with Gasteiger partial charge in [0, 0.05) is 41.5 Å². The molecule has 1 aromatic heterocycles. The van der Waals surface area contributed by atoms with Gasteiger partial charge in [-0.2, -0.15) is 0 Å². The molecular weight excluding hydrogens is 509 g/mol. The Bertz CT molecular complexity index is 1190. The maximum atomic E-state index is 13.1. The van der Waals surface area contributed by atoms with Gasteiger partial charge in [-0.05, 0) is 65.1 Å². The molecule has 10 heteroatoms. The minimum Gasteiger partial charge on any atom is -0.448 e. The van der Waals surface area contributed by atoms with Gasteiger partial charge < -0.3 is 24.7 Å². The van der Waals surface area contributed by atoms with Gasteiger partial charge in [0.2, 0.25) is 0 Å². The van der Waals surface area contributed by atoms with Gasteiger partial charge in [-0.15, -0.1) is 11.8 Å². The average Bonchev–Trinajstić information content (AvgIpc) is 3.20. The number of halogens is 2. The number of nitrogens with one attached hydrogen (secondary N) is 2. The first-order valence-corrected chi connectivity index (χ1v) is 13.6. The first-order chi connectivity index (χ1) is 16.5. The molecule has 0 radical (unpaired) electrons. The van der Waals surface area contributed by atoms with Crippen molar-refractivity contribution in [3.8, 4) is 11.5 Å². The SMILES string of the molecule is CSc1cc(Cl)[nH]c(=O)c1CNC(=O)c1cc(Cl)c2c(c1C)O[C@@](C)(C1CCC(N(C)C)CC1)O2. The van der Waals surface area contributed by atoms with E-state index in [2.05, 4.69) is 29.3 Å². The summed E-state index contributed by atoms with van der Waals surface area (Å²) in [5.74, 6) is 0.0380. The van der Waals surface area contributed by atoms with Crippen molar-refractivity contribution in [1.29, 1.82) is 0 Å². The second kappa shape index (κ2) is 10.2. The maximum Gasteiger partial charge on any atom is 0.255 e. The third kappa shape index (κ3) is 5.17. The van der Waals surface area contributed by atoms with Gasteiger partial charge in [0.25, 0.3) is 17.3 Å². The number of H-pyrrole nitrogens is 1. The molecule has 2 heterocycles. The van der Waals surface area contributed by atoms with Gasteiger partial charge in [0.15, 0.2) is 11.5 Å². The molecule has 2 aliphatic rings. The molecule has 2 aromatic rings. The van der Waals surface area contributed by atoms with Crippen LogP contribution in [0.2, 0.25) is 10.2 Å². The number of hydrogen-bond acceptors (Lipinski definition) is 6. The van der Waals surface area contributed by atoms with E-state index < -0.39 is 5.79 Å². The molecule has 190 valence electrons. The summed E-state index contributed by atoms with van der Waals surface area (Å²) >= 11 is 13.9. The van der Waals surface area contributed by atoms with Crippen LogP contribution in [0, 0.1) is 12.8 Å². The van der Waals surface area contributed by atoms with E-state index >= 15 is 0 Å². The maximum absolute atomic E-state index is 13.1. The molecular formula is C25H31Cl2N3O4S. The van der Waals surface area contributed by atoms with Crippen molar-refractivity contribution in [2.24, 2.45) is 5.92 Å². The van der Waals surface area contributed by atoms with Crippen molar-refractivity contribution >= 4 is 40.9 Å². The predicted octanol–water partition coefficient (Wildman–Crippen LogP) is 5.25. The van der Waals surface area contributed by atoms with E-state index in [-0.39, 0.29) is 29.1 Å². The summed E-state index contributed by atoms with van der Waals surface area (Å²) < 4.78 is 12.7. The lowest BCUT2D eigenvalue weighted by molar-refractivity contribution is -0.123. The lowest BCUT2D eigenvalue weighted by Gasteiger charge is -2.39. The van der Waals surface area contributed by atoms with E-state index in [9.17, 15) is 9.59 Å². The van der Waals surface area contributed by atoms with Crippen LogP contribution >= 0.6 is 35.0 Å². The van der Waals surface area contributed by atoms with E-state index in [0.29, 0.717) is 44.1 Å². The monoisotopic (exact) mass is 539 g/mol. The molecule has 1 fully saturated rings. The highest BCUT2D eigenvalue weighted by molar-refractivity contribution is 7.98. The van der Waals surface area contributed by atoms with Crippen molar-refractivity contribution in [1.82, 2.24) is 15.2 Å². The van der Waals surface area contributed by atoms with Crippen molar-refractivity contribution in [3.05, 3.63) is 49.4 Å². The van der Waals surface area contributed by atoms with E-state index in [0.717, 1.165) is 25.7 Å². The molecule has 1 aliphatic carbocycles. The molecule has 0 unspecified atom stereocenters. The molecule has 0 bridgehead atoms. The largest absolute Gasteiger partial charge is 0.448 e. The smallest absolute Gasteiger partial charge is 0.255 e. The number of amides is 1. The molecule has 1 amide bonds. The lowest BCUT2D eigenvalue weighted by atomic mass is 9.81. The number of carbonyl (C=O) groups is 1. The highest BCUT2D eigenvalue weighted by Gasteiger charge is 2.47. The summed E-state index contributed by atoms with van der Waals surface area (Å²) in [6, 6.07) is 3.84. The summed E-state index contributed by atoms with van der Waals surface area (Å²) in [6.45, 7) is 3.84. The fraction of sp³-hybridized carbons (Fsp3) is 0.520. The number of nitrogens with zero attached hydrogens (tertiary/aromatic N) is 1. The predicted molar refractivity (Wildman–Crippen MR) is 140 cm³/mol. The Kier molecular flexibility index (Phi) is 7.67. The van der Waals surface area contributed by atoms with Gasteiger partial charge >= 0.3 is 0 Å². The van der Waals surface area contributed by atoms with Crippen molar-refractivity contribution in [2.45, 2.75) is 62.8 Å². The van der Waals surface area contributed by atoms with E-state index in [1.54, 1.807) is 12.1 Å². The van der Waals surface area contributed by atoms with Crippen molar-refractivity contribution in [2.75, 3.05) is 20.4 Å². The zero-order valence-corrected chi connectivity index (χ0v) is 22.9. The molecule has 0 saturated heterocycles. The number of pyridine rings is 1. The summed E-state index contributed by atoms with van der Waals surface area (Å²) in [5.41, 5.74) is 1.15. The molecule has 4 rings (SSSR count). The molecule has 1 atom stereocenters. The van der Waals surface area contributed by atoms with Gasteiger partial charge in [-0.1, -0.05) is 23.2 Å². The van der Waals surface area contributed by atoms with Crippen molar-refractivity contribution in [3.63, 3.8) is 0 Å². The van der Waals surface area contributed by atoms with E-state index in [1.165, 1.54) is 11.8 Å². The van der Waals surface area contributed by atoms with E-state index in [4.69, 9.17) is 32.7 Å². The Labute approximate surface area is 219 Å². The molecule has 0 spiro atoms. The molecule has 2 N–H and O–H groups in total. The van der Waals surface area contributed by atoms with Crippen LogP contribution in [-0.4, -0.2) is 48.0 Å². The number of benzene rings is 1. The second-order valence-corrected chi connectivity index (χ2v) is 11.2. The van der Waals surface area contributed by atoms with Gasteiger partial charge in [0.1, 0.15) is 5.15 Å². The van der Waals surface area contributed by atoms with Crippen LogP contribution in [0.1, 0.15) is 54.1 Å². The summed E-state index contributed by atoms with van der Waals surface area (Å²) in [6.07, 6.45) is 5.99. The van der Waals surface area contributed by atoms with E-state index in [1.807, 2.05) is 20.1 Å². The highest BCUT2D eigenvalue weighted by Crippen LogP contribution is 2.51. The van der Waals surface area contributed by atoms with Gasteiger partial charge in [0.05, 0.1) is 10.6 Å². The molecule has 7 nitrogen and oxygen atoms in total. The molecule has 1 saturated carbocycles. The Morgan fingerprint density at radius 3 is 2.49 bits per heavy atom. The third-order valence-corrected chi connectivity index (χ3v) is 8.46. The number of aromatic amines is 1. The normalized spacial score (nSPS) is 23.5. The topological polar surface area (TPSA) is 83.7 Å². The number of thioether (sulfide) groups is 1. The standard InChI is InChI=1S/C25H31Cl2N3O4S/c1-13-16(23(31)28-12-17-19(35-5)11-20(27)29-24(17)32)10-18(26)22-21(13)33-25(2,34-22)14-6-8-15(9-7-14)30(3)4/h10-11,14-15H,6-9,12H2,1-5H3,(H,28,31)(H,29,32)/t14?,15?,25-/m1/s1. The second-order valence-electron chi connectivity index (χ2n) is 9.55. The van der Waals surface area contributed by atoms with Crippen LogP contribution in [-0.2, 0) is 6.54 Å². The Morgan fingerprint density at radius 2 is 1.86 bits per heavy atom. The minimum atomic E-state index is -0.826. The zero-order valence-electron chi connectivity index (χ0n) is 20.6. The molecule has 35 heavy (non-hydrogen) atoms. The lowest BCUT2D eigenvalue weighted by Crippen LogP contribution is -2.46. The van der Waals surface area contributed by atoms with Crippen LogP contribution in [0.5, 0.6) is 11.5 Å². The average molecular weight is 541 g/mol. The number of rotatable bonds is 6. The van der Waals surface area contributed by atoms with Crippen LogP contribution in [0.15, 0.2) is 21.8 Å². The van der Waals surface area contributed by atoms with Crippen molar-refractivity contribution < 1.29 is 14.3 Å². The Balaban J connectivity index is 1.52. The van der Waals surface area contributed by atoms with Gasteiger partial charge in [-0.3, -0.25) is 9.59 Å². The fourth-order valence-electron chi connectivity index (χ4n) is 5.01. The number of hydrogen-bond donors (Lipinski definition) is 2. The summed E-state index contributed by atoms with van der Waals surface area (Å²) in [5, 5.41) is 3.42. The third-order valence-electron chi connectivity index (χ3n) is 7.17. The first-order valence-electron chi connectivity index (χ1n) is 11.7. The first kappa shape index (κ1) is 26.2. The molecule has 1 aromatic carbocycles. The van der Waals surface area contributed by atoms with Crippen LogP contribution < -0.4 is 20.3 Å². The summed E-state index contributed by atoms with van der Waals surface area (Å²) in [7, 11) is 4.23. The zero-order chi connectivity index (χ0) is 25.5. The Hall–Kier alpha value is -1.87. The quantitative estimate of drug-likeness (QED) is 0.385. The fourth-order valence-corrected chi connectivity index (χ4v) is 6.15. The van der Waals surface area contributed by atoms with Crippen LogP contribution in [0.4, 0.5) is 0 Å². The van der Waals surface area contributed by atoms with Crippen LogP contribution in [0.25, 0.3) is 0 Å². The number of carbonyl (C=O) groups excluding carboxylic acids is 1. The molecule has 1 aliphatic heterocycles. The Morgan fingerprint density at radius 1 is 1.20 bits per heavy atom. The number of ether oxygens (including phenoxy) is 2. The van der Waals surface area contributed by atoms with Crippen LogP contribution in [0.3, 0.4) is 0 Å². The summed E-state index contributed by atoms with van der Waals surface area (Å²) in [4.78, 5) is 31.0. The minimum absolute atomic E-state index is 0.0554. The number of fused-ring (bicyclic) bond motifs is 1. The van der Waals surface area contributed by atoms with Gasteiger partial charge in [-0.25, -0.2) is 0 Å².